The zero-order valence-corrected chi connectivity index (χ0v) is 18.3. The van der Waals surface area contributed by atoms with Crippen LogP contribution in [0.4, 0.5) is 0 Å². The fourth-order valence-electron chi connectivity index (χ4n) is 2.79. The largest absolute Gasteiger partial charge is 0.0616 e. The molecule has 0 saturated heterocycles. The fraction of sp³-hybridized carbons (Fsp3) is 0.545. The van der Waals surface area contributed by atoms with Gasteiger partial charge in [0.25, 0.3) is 0 Å². The van der Waals surface area contributed by atoms with Crippen molar-refractivity contribution < 1.29 is 0 Å². The van der Waals surface area contributed by atoms with Crippen LogP contribution >= 0.6 is 0 Å². The first-order valence-corrected chi connectivity index (χ1v) is 15.6. The first-order chi connectivity index (χ1) is 11.3. The Morgan fingerprint density at radius 3 is 1.13 bits per heavy atom. The fourth-order valence-corrected chi connectivity index (χ4v) is 12.2. The molecule has 0 unspecified atom stereocenters. The summed E-state index contributed by atoms with van der Waals surface area (Å²) in [6, 6.07) is 16.7. The van der Waals surface area contributed by atoms with Crippen LogP contribution < -0.4 is 0 Å². The van der Waals surface area contributed by atoms with E-state index in [9.17, 15) is 0 Å². The number of hydrogen-bond donors (Lipinski definition) is 0. The molecule has 1 heteroatoms. The molecule has 0 spiro atoms. The molecular formula is C22H35Sn. The summed E-state index contributed by atoms with van der Waals surface area (Å²) in [5.41, 5.74) is 0. The van der Waals surface area contributed by atoms with Crippen LogP contribution in [0.1, 0.15) is 59.3 Å². The van der Waals surface area contributed by atoms with E-state index in [0.29, 0.717) is 0 Å². The molecule has 0 N–H and O–H groups in total. The summed E-state index contributed by atoms with van der Waals surface area (Å²) >= 11 is -0.839. The molecule has 2 aromatic carbocycles. The zero-order valence-electron chi connectivity index (χ0n) is 15.5. The molecule has 2 aromatic rings. The predicted octanol–water partition coefficient (Wildman–Crippen LogP) is 7.72. The van der Waals surface area contributed by atoms with Crippen LogP contribution in [0, 0.1) is 0 Å². The molecule has 2 rings (SSSR count). The minimum absolute atomic E-state index is 0.839. The van der Waals surface area contributed by atoms with Gasteiger partial charge >= 0.3 is 92.4 Å². The zero-order chi connectivity index (χ0) is 16.8. The number of fused-ring (bicyclic) bond motifs is 1. The summed E-state index contributed by atoms with van der Waals surface area (Å²) in [5, 5.41) is 2.62. The maximum Gasteiger partial charge on any atom is -0.0184 e. The molecule has 0 aliphatic rings. The monoisotopic (exact) mass is 419 g/mol. The second-order valence-electron chi connectivity index (χ2n) is 6.41. The molecule has 0 fully saturated rings. The molecule has 0 nitrogen and oxygen atoms in total. The molecule has 23 heavy (non-hydrogen) atoms. The quantitative estimate of drug-likeness (QED) is 0.366. The van der Waals surface area contributed by atoms with Gasteiger partial charge in [-0.15, -0.1) is 0 Å². The topological polar surface area (TPSA) is 0 Å². The van der Waals surface area contributed by atoms with Crippen LogP contribution in [0.25, 0.3) is 10.8 Å². The van der Waals surface area contributed by atoms with Crippen molar-refractivity contribution in [3.8, 4) is 0 Å². The van der Waals surface area contributed by atoms with Crippen molar-refractivity contribution in [1.82, 2.24) is 0 Å². The smallest absolute Gasteiger partial charge is 0.0184 e. The van der Waals surface area contributed by atoms with Gasteiger partial charge in [0, 0.05) is 0 Å². The molecule has 1 radical (unpaired) electrons. The molecule has 0 bridgehead atoms. The Kier molecular flexibility index (Phi) is 12.4. The van der Waals surface area contributed by atoms with Crippen LogP contribution in [-0.4, -0.2) is 19.8 Å². The minimum Gasteiger partial charge on any atom is -0.0616 e. The molecule has 0 amide bonds. The van der Waals surface area contributed by atoms with Crippen LogP contribution in [0.5, 0.6) is 0 Å². The normalized spacial score (nSPS) is 10.6. The van der Waals surface area contributed by atoms with Crippen molar-refractivity contribution in [3.63, 3.8) is 0 Å². The third-order valence-electron chi connectivity index (χ3n) is 4.31. The molecular weight excluding hydrogens is 383 g/mol. The third-order valence-corrected chi connectivity index (χ3v) is 13.4. The van der Waals surface area contributed by atoms with E-state index >= 15 is 0 Å². The van der Waals surface area contributed by atoms with E-state index in [4.69, 9.17) is 0 Å². The van der Waals surface area contributed by atoms with E-state index in [0.717, 1.165) is 0 Å². The van der Waals surface area contributed by atoms with Gasteiger partial charge in [0.05, 0.1) is 0 Å². The van der Waals surface area contributed by atoms with Gasteiger partial charge in [-0.2, -0.15) is 0 Å². The summed E-state index contributed by atoms with van der Waals surface area (Å²) in [6.45, 7) is 7.00. The van der Waals surface area contributed by atoms with E-state index in [2.05, 4.69) is 69.3 Å². The van der Waals surface area contributed by atoms with Crippen molar-refractivity contribution in [1.29, 1.82) is 0 Å². The van der Waals surface area contributed by atoms with Gasteiger partial charge in [0.15, 0.2) is 0 Å². The van der Waals surface area contributed by atoms with Crippen molar-refractivity contribution >= 4 is 30.5 Å². The van der Waals surface area contributed by atoms with E-state index in [1.54, 1.807) is 13.3 Å². The Hall–Kier alpha value is -0.501. The van der Waals surface area contributed by atoms with Crippen LogP contribution in [0.2, 0.25) is 13.3 Å². The molecule has 0 heterocycles. The molecule has 0 aromatic heterocycles. The first kappa shape index (κ1) is 20.5. The average Bonchev–Trinajstić information content (AvgIpc) is 2.62. The van der Waals surface area contributed by atoms with Crippen LogP contribution in [-0.2, 0) is 0 Å². The Labute approximate surface area is 151 Å². The maximum absolute atomic E-state index is 2.33. The SMILES string of the molecule is CCC[CH2][Sn]([CH2]CCC)[CH2]CCC.c1ccc2ccccc2c1. The number of hydrogen-bond acceptors (Lipinski definition) is 0. The number of unbranched alkanes of at least 4 members (excludes halogenated alkanes) is 3. The molecule has 0 atom stereocenters. The van der Waals surface area contributed by atoms with Gasteiger partial charge in [-0.1, -0.05) is 48.5 Å². The minimum atomic E-state index is -0.839. The summed E-state index contributed by atoms with van der Waals surface area (Å²) in [6.07, 6.45) is 8.85. The van der Waals surface area contributed by atoms with Crippen molar-refractivity contribution in [2.45, 2.75) is 72.6 Å². The van der Waals surface area contributed by atoms with Crippen molar-refractivity contribution in [2.24, 2.45) is 0 Å². The van der Waals surface area contributed by atoms with Crippen molar-refractivity contribution in [3.05, 3.63) is 48.5 Å². The number of rotatable bonds is 9. The van der Waals surface area contributed by atoms with E-state index < -0.39 is 19.8 Å². The summed E-state index contributed by atoms with van der Waals surface area (Å²) in [5.74, 6) is 0. The van der Waals surface area contributed by atoms with Gasteiger partial charge in [-0.3, -0.25) is 0 Å². The van der Waals surface area contributed by atoms with Gasteiger partial charge in [0.1, 0.15) is 0 Å². The summed E-state index contributed by atoms with van der Waals surface area (Å²) in [4.78, 5) is 0. The molecule has 127 valence electrons. The average molecular weight is 418 g/mol. The molecule has 0 aliphatic carbocycles. The van der Waals surface area contributed by atoms with Gasteiger partial charge in [-0.25, -0.2) is 0 Å². The van der Waals surface area contributed by atoms with E-state index in [1.165, 1.54) is 49.3 Å². The standard InChI is InChI=1S/C10H8.3C4H9.Sn/c1-2-6-10-8-4-3-7-9(10)5-1;3*1-3-4-2;/h1-8H;3*1,3-4H2,2H3;. The maximum atomic E-state index is 2.33. The Morgan fingerprint density at radius 1 is 0.565 bits per heavy atom. The molecule has 0 aliphatic heterocycles. The number of benzene rings is 2. The Morgan fingerprint density at radius 2 is 0.870 bits per heavy atom. The van der Waals surface area contributed by atoms with Gasteiger partial charge < -0.3 is 0 Å². The van der Waals surface area contributed by atoms with Gasteiger partial charge in [-0.05, 0) is 10.8 Å². The van der Waals surface area contributed by atoms with Crippen LogP contribution in [0.15, 0.2) is 48.5 Å². The molecule has 0 saturated carbocycles. The third kappa shape index (κ3) is 9.39. The Balaban J connectivity index is 0.000000235. The first-order valence-electron chi connectivity index (χ1n) is 9.59. The summed E-state index contributed by atoms with van der Waals surface area (Å²) in [7, 11) is 0. The second-order valence-corrected chi connectivity index (χ2v) is 15.0. The van der Waals surface area contributed by atoms with Crippen LogP contribution in [0.3, 0.4) is 0 Å². The van der Waals surface area contributed by atoms with E-state index in [-0.39, 0.29) is 0 Å². The Bertz CT molecular complexity index is 422. The summed E-state index contributed by atoms with van der Waals surface area (Å²) < 4.78 is 5.04. The second kappa shape index (κ2) is 13.9. The van der Waals surface area contributed by atoms with Crippen molar-refractivity contribution in [2.75, 3.05) is 0 Å². The predicted molar refractivity (Wildman–Crippen MR) is 109 cm³/mol. The van der Waals surface area contributed by atoms with Gasteiger partial charge in [0.2, 0.25) is 0 Å². The van der Waals surface area contributed by atoms with E-state index in [1.807, 2.05) is 0 Å².